The van der Waals surface area contributed by atoms with Gasteiger partial charge in [-0.1, -0.05) is 0 Å². The fourth-order valence-corrected chi connectivity index (χ4v) is 2.80. The molecule has 8 nitrogen and oxygen atoms in total. The molecule has 22 heavy (non-hydrogen) atoms. The molecule has 118 valence electrons. The lowest BCUT2D eigenvalue weighted by Crippen LogP contribution is -2.77. The summed E-state index contributed by atoms with van der Waals surface area (Å²) in [5.41, 5.74) is 0.228. The van der Waals surface area contributed by atoms with E-state index in [2.05, 4.69) is 15.3 Å². The Morgan fingerprint density at radius 2 is 2.09 bits per heavy atom. The highest BCUT2D eigenvalue weighted by atomic mass is 16.2. The molecule has 0 spiro atoms. The van der Waals surface area contributed by atoms with Gasteiger partial charge in [-0.2, -0.15) is 0 Å². The Morgan fingerprint density at radius 1 is 1.27 bits per heavy atom. The quantitative estimate of drug-likeness (QED) is 0.667. The monoisotopic (exact) mass is 305 g/mol. The second kappa shape index (κ2) is 5.78. The summed E-state index contributed by atoms with van der Waals surface area (Å²) in [6, 6.07) is 0. The summed E-state index contributed by atoms with van der Waals surface area (Å²) in [4.78, 5) is 31.7. The van der Waals surface area contributed by atoms with Crippen molar-refractivity contribution in [2.24, 2.45) is 14.1 Å². The molecule has 0 atom stereocenters. The van der Waals surface area contributed by atoms with Gasteiger partial charge in [-0.05, 0) is 12.8 Å². The first-order valence-corrected chi connectivity index (χ1v) is 7.54. The normalized spacial score (nSPS) is 15.1. The zero-order valence-electron chi connectivity index (χ0n) is 12.9. The maximum absolute atomic E-state index is 12.3. The van der Waals surface area contributed by atoms with Gasteiger partial charge in [0.15, 0.2) is 11.2 Å². The predicted molar refractivity (Wildman–Crippen MR) is 82.9 cm³/mol. The van der Waals surface area contributed by atoms with E-state index in [9.17, 15) is 9.59 Å². The summed E-state index contributed by atoms with van der Waals surface area (Å²) in [5, 5.41) is 3.36. The van der Waals surface area contributed by atoms with E-state index in [0.717, 1.165) is 23.4 Å². The van der Waals surface area contributed by atoms with Gasteiger partial charge < -0.3 is 4.57 Å². The van der Waals surface area contributed by atoms with Gasteiger partial charge >= 0.3 is 5.69 Å². The van der Waals surface area contributed by atoms with Crippen molar-refractivity contribution in [1.82, 2.24) is 24.0 Å². The van der Waals surface area contributed by atoms with Gasteiger partial charge in [0.2, 0.25) is 5.84 Å². The Labute approximate surface area is 127 Å². The first kappa shape index (κ1) is 14.6. The summed E-state index contributed by atoms with van der Waals surface area (Å²) in [6.07, 6.45) is 5.07. The average Bonchev–Trinajstić information content (AvgIpc) is 2.96. The van der Waals surface area contributed by atoms with Gasteiger partial charge in [0.05, 0.1) is 19.4 Å². The number of imidazole rings is 1. The van der Waals surface area contributed by atoms with Crippen LogP contribution in [0.25, 0.3) is 11.2 Å². The fraction of sp³-hybridized carbons (Fsp3) is 0.571. The first-order valence-electron chi connectivity index (χ1n) is 7.54. The van der Waals surface area contributed by atoms with E-state index in [1.807, 2.05) is 0 Å². The van der Waals surface area contributed by atoms with Gasteiger partial charge in [-0.25, -0.2) is 9.78 Å². The van der Waals surface area contributed by atoms with Gasteiger partial charge in [0.1, 0.15) is 6.54 Å². The van der Waals surface area contributed by atoms with Crippen LogP contribution in [0.2, 0.25) is 0 Å². The van der Waals surface area contributed by atoms with E-state index in [1.165, 1.54) is 24.5 Å². The highest BCUT2D eigenvalue weighted by Crippen LogP contribution is 2.04. The molecule has 0 amide bonds. The molecule has 8 heteroatoms. The zero-order chi connectivity index (χ0) is 15.7. The number of fused-ring (bicyclic) bond motifs is 1. The van der Waals surface area contributed by atoms with Gasteiger partial charge in [-0.15, -0.1) is 0 Å². The summed E-state index contributed by atoms with van der Waals surface area (Å²) in [6.45, 7) is 2.34. The van der Waals surface area contributed by atoms with Crippen molar-refractivity contribution in [1.29, 1.82) is 0 Å². The molecule has 2 aromatic heterocycles. The molecule has 3 heterocycles. The van der Waals surface area contributed by atoms with E-state index in [1.54, 1.807) is 17.9 Å². The van der Waals surface area contributed by atoms with Crippen LogP contribution in [0, 0.1) is 0 Å². The maximum atomic E-state index is 12.3. The second-order valence-corrected chi connectivity index (χ2v) is 5.61. The third kappa shape index (κ3) is 2.44. The van der Waals surface area contributed by atoms with Crippen molar-refractivity contribution in [3.63, 3.8) is 0 Å². The SMILES string of the molecule is Cn1c(=O)c2c(ncn2CCNC2=[NH+]CCCC2)n(C)c1=O. The minimum Gasteiger partial charge on any atom is -0.321 e. The van der Waals surface area contributed by atoms with Crippen LogP contribution in [0.3, 0.4) is 0 Å². The Morgan fingerprint density at radius 3 is 2.82 bits per heavy atom. The van der Waals surface area contributed by atoms with Crippen LogP contribution in [-0.4, -0.2) is 37.6 Å². The topological polar surface area (TPSA) is 87.8 Å². The van der Waals surface area contributed by atoms with Crippen LogP contribution in [0.15, 0.2) is 15.9 Å². The number of nitrogens with one attached hydrogen (secondary N) is 2. The molecular weight excluding hydrogens is 284 g/mol. The molecular formula is C14H21N6O2+. The molecule has 2 N–H and O–H groups in total. The number of hydrogen-bond donors (Lipinski definition) is 2. The van der Waals surface area contributed by atoms with Crippen molar-refractivity contribution in [3.8, 4) is 0 Å². The van der Waals surface area contributed by atoms with Crippen LogP contribution < -0.4 is 21.6 Å². The van der Waals surface area contributed by atoms with Crippen molar-refractivity contribution in [2.45, 2.75) is 25.8 Å². The summed E-state index contributed by atoms with van der Waals surface area (Å²) < 4.78 is 4.32. The minimum atomic E-state index is -0.358. The van der Waals surface area contributed by atoms with Gasteiger partial charge in [0, 0.05) is 20.5 Å². The van der Waals surface area contributed by atoms with Crippen molar-refractivity contribution < 1.29 is 4.99 Å². The van der Waals surface area contributed by atoms with Crippen molar-refractivity contribution >= 4 is 17.0 Å². The van der Waals surface area contributed by atoms with Gasteiger partial charge in [0.25, 0.3) is 5.56 Å². The van der Waals surface area contributed by atoms with E-state index in [-0.39, 0.29) is 11.2 Å². The third-order valence-corrected chi connectivity index (χ3v) is 4.10. The summed E-state index contributed by atoms with van der Waals surface area (Å²) in [7, 11) is 3.11. The molecule has 0 aromatic carbocycles. The van der Waals surface area contributed by atoms with E-state index < -0.39 is 0 Å². The number of aryl methyl sites for hydroxylation is 1. The van der Waals surface area contributed by atoms with Crippen LogP contribution in [0.5, 0.6) is 0 Å². The van der Waals surface area contributed by atoms with Crippen LogP contribution in [0.1, 0.15) is 19.3 Å². The molecule has 1 aliphatic rings. The minimum absolute atomic E-state index is 0.306. The van der Waals surface area contributed by atoms with E-state index in [4.69, 9.17) is 0 Å². The van der Waals surface area contributed by atoms with Crippen LogP contribution in [-0.2, 0) is 20.6 Å². The second-order valence-electron chi connectivity index (χ2n) is 5.61. The van der Waals surface area contributed by atoms with Crippen LogP contribution in [0.4, 0.5) is 0 Å². The van der Waals surface area contributed by atoms with E-state index >= 15 is 0 Å². The van der Waals surface area contributed by atoms with Gasteiger partial charge in [-0.3, -0.25) is 24.2 Å². The Kier molecular flexibility index (Phi) is 3.82. The molecule has 0 unspecified atom stereocenters. The van der Waals surface area contributed by atoms with Crippen molar-refractivity contribution in [2.75, 3.05) is 13.1 Å². The number of amidine groups is 1. The number of aromatic nitrogens is 4. The zero-order valence-corrected chi connectivity index (χ0v) is 12.9. The van der Waals surface area contributed by atoms with E-state index in [0.29, 0.717) is 24.3 Å². The Balaban J connectivity index is 1.84. The highest BCUT2D eigenvalue weighted by molar-refractivity contribution is 5.76. The first-order chi connectivity index (χ1) is 10.6. The lowest BCUT2D eigenvalue weighted by atomic mass is 10.2. The number of hydrogen-bond acceptors (Lipinski definition) is 4. The lowest BCUT2D eigenvalue weighted by molar-refractivity contribution is -0.466. The molecule has 0 aliphatic carbocycles. The maximum Gasteiger partial charge on any atom is 0.332 e. The smallest absolute Gasteiger partial charge is 0.321 e. The van der Waals surface area contributed by atoms with Crippen molar-refractivity contribution in [3.05, 3.63) is 27.2 Å². The molecule has 2 aromatic rings. The summed E-state index contributed by atoms with van der Waals surface area (Å²) >= 11 is 0. The van der Waals surface area contributed by atoms with Crippen LogP contribution >= 0.6 is 0 Å². The molecule has 0 saturated carbocycles. The Bertz CT molecular complexity index is 841. The predicted octanol–water partition coefficient (Wildman–Crippen LogP) is -2.31. The molecule has 0 fully saturated rings. The third-order valence-electron chi connectivity index (χ3n) is 4.10. The lowest BCUT2D eigenvalue weighted by Gasteiger charge is -2.09. The molecule has 0 bridgehead atoms. The Hall–Kier alpha value is -2.38. The molecule has 1 aliphatic heterocycles. The molecule has 0 radical (unpaired) electrons. The summed E-state index contributed by atoms with van der Waals surface area (Å²) in [5.74, 6) is 1.16. The highest BCUT2D eigenvalue weighted by Gasteiger charge is 2.15. The number of nitrogens with zero attached hydrogens (tertiary/aromatic N) is 4. The number of rotatable bonds is 3. The average molecular weight is 305 g/mol. The molecule has 3 rings (SSSR count). The largest absolute Gasteiger partial charge is 0.332 e. The standard InChI is InChI=1S/C14H20N6O2/c1-18-12-11(13(21)19(2)14(18)22)20(9-17-12)8-7-16-10-5-3-4-6-15-10/h9H,3-8H2,1-2H3,(H,15,16)/p+1. The molecule has 0 saturated heterocycles. The fourth-order valence-electron chi connectivity index (χ4n) is 2.80.